The topological polar surface area (TPSA) is 84.6 Å². The Labute approximate surface area is 208 Å². The molecule has 9 heteroatoms. The van der Waals surface area contributed by atoms with Gasteiger partial charge in [0.1, 0.15) is 18.4 Å². The maximum atomic E-state index is 11.9. The van der Waals surface area contributed by atoms with Gasteiger partial charge in [0.25, 0.3) is 0 Å². The van der Waals surface area contributed by atoms with Gasteiger partial charge in [0.2, 0.25) is 5.91 Å². The molecule has 1 aromatic carbocycles. The second kappa shape index (κ2) is 10.1. The van der Waals surface area contributed by atoms with Crippen LogP contribution in [0.25, 0.3) is 0 Å². The standard InChI is InChI=1S/C26H25N5O3S/c1-33-17-23(32)28-18-9-11-19(12-10-18)31-25(24(29-26(31)35)21-7-2-3-13-27-21)22-8-4-14-30(22)16-20-6-5-15-34-20/h2-15,24-25H,16-17H2,1H3,(H,28,32)(H,29,35)/t24-,25+/m0/s1. The summed E-state index contributed by atoms with van der Waals surface area (Å²) in [6.45, 7) is 0.605. The molecule has 0 saturated carbocycles. The van der Waals surface area contributed by atoms with Crippen LogP contribution in [0.15, 0.2) is 89.8 Å². The van der Waals surface area contributed by atoms with E-state index in [1.54, 1.807) is 12.5 Å². The van der Waals surface area contributed by atoms with Gasteiger partial charge in [-0.15, -0.1) is 0 Å². The Morgan fingerprint density at radius 1 is 1.14 bits per heavy atom. The number of hydrogen-bond donors (Lipinski definition) is 2. The first kappa shape index (κ1) is 22.8. The van der Waals surface area contributed by atoms with Gasteiger partial charge < -0.3 is 29.3 Å². The number of pyridine rings is 1. The van der Waals surface area contributed by atoms with E-state index in [1.807, 2.05) is 66.9 Å². The van der Waals surface area contributed by atoms with Gasteiger partial charge in [0, 0.05) is 36.6 Å². The third-order valence-electron chi connectivity index (χ3n) is 5.88. The fourth-order valence-electron chi connectivity index (χ4n) is 4.38. The Kier molecular flexibility index (Phi) is 6.60. The van der Waals surface area contributed by atoms with Crippen molar-refractivity contribution in [1.82, 2.24) is 14.9 Å². The van der Waals surface area contributed by atoms with E-state index in [0.717, 1.165) is 22.8 Å². The molecule has 1 fully saturated rings. The Morgan fingerprint density at radius 3 is 2.71 bits per heavy atom. The molecular formula is C26H25N5O3S. The van der Waals surface area contributed by atoms with Crippen LogP contribution in [0.1, 0.15) is 29.2 Å². The second-order valence-corrected chi connectivity index (χ2v) is 8.55. The SMILES string of the molecule is COCC(=O)Nc1ccc(N2C(=S)N[C@@H](c3ccccn3)[C@H]2c2cccn2Cc2ccco2)cc1. The molecule has 5 rings (SSSR count). The maximum Gasteiger partial charge on any atom is 0.250 e. The number of furan rings is 1. The fourth-order valence-corrected chi connectivity index (χ4v) is 4.72. The second-order valence-electron chi connectivity index (χ2n) is 8.16. The van der Waals surface area contributed by atoms with Crippen molar-refractivity contribution in [2.24, 2.45) is 0 Å². The molecule has 1 aliphatic heterocycles. The lowest BCUT2D eigenvalue weighted by Gasteiger charge is -2.29. The van der Waals surface area contributed by atoms with E-state index in [1.165, 1.54) is 7.11 Å². The Balaban J connectivity index is 1.51. The zero-order valence-electron chi connectivity index (χ0n) is 19.1. The maximum absolute atomic E-state index is 11.9. The summed E-state index contributed by atoms with van der Waals surface area (Å²) in [6, 6.07) is 21.2. The summed E-state index contributed by atoms with van der Waals surface area (Å²) in [6.07, 6.45) is 5.52. The molecule has 1 aliphatic rings. The largest absolute Gasteiger partial charge is 0.467 e. The highest BCUT2D eigenvalue weighted by atomic mass is 32.1. The number of rotatable bonds is 8. The van der Waals surface area contributed by atoms with Crippen LogP contribution in [-0.4, -0.2) is 34.3 Å². The monoisotopic (exact) mass is 487 g/mol. The van der Waals surface area contributed by atoms with E-state index < -0.39 is 0 Å². The van der Waals surface area contributed by atoms with Crippen molar-refractivity contribution in [3.8, 4) is 0 Å². The quantitative estimate of drug-likeness (QED) is 0.359. The molecule has 0 spiro atoms. The molecular weight excluding hydrogens is 462 g/mol. The van der Waals surface area contributed by atoms with E-state index in [9.17, 15) is 4.79 Å². The first-order valence-corrected chi connectivity index (χ1v) is 11.6. The molecule has 4 aromatic rings. The number of nitrogens with one attached hydrogen (secondary N) is 2. The van der Waals surface area contributed by atoms with Crippen molar-refractivity contribution in [2.45, 2.75) is 18.6 Å². The molecule has 0 radical (unpaired) electrons. The number of nitrogens with zero attached hydrogens (tertiary/aromatic N) is 3. The number of anilines is 2. The third-order valence-corrected chi connectivity index (χ3v) is 6.19. The van der Waals surface area contributed by atoms with Crippen molar-refractivity contribution in [3.63, 3.8) is 0 Å². The lowest BCUT2D eigenvalue weighted by Crippen LogP contribution is -2.30. The van der Waals surface area contributed by atoms with Crippen molar-refractivity contribution in [2.75, 3.05) is 23.9 Å². The minimum Gasteiger partial charge on any atom is -0.467 e. The molecule has 0 bridgehead atoms. The third kappa shape index (κ3) is 4.82. The van der Waals surface area contributed by atoms with E-state index in [2.05, 4.69) is 31.2 Å². The van der Waals surface area contributed by atoms with Crippen LogP contribution < -0.4 is 15.5 Å². The number of thiocarbonyl (C=S) groups is 1. The number of aromatic nitrogens is 2. The summed E-state index contributed by atoms with van der Waals surface area (Å²) in [5.74, 6) is 0.663. The molecule has 0 unspecified atom stereocenters. The highest BCUT2D eigenvalue weighted by molar-refractivity contribution is 7.80. The predicted molar refractivity (Wildman–Crippen MR) is 137 cm³/mol. The van der Waals surface area contributed by atoms with Crippen LogP contribution in [0, 0.1) is 0 Å². The number of amides is 1. The lowest BCUT2D eigenvalue weighted by molar-refractivity contribution is -0.119. The van der Waals surface area contributed by atoms with Crippen molar-refractivity contribution in [1.29, 1.82) is 0 Å². The molecule has 178 valence electrons. The van der Waals surface area contributed by atoms with E-state index >= 15 is 0 Å². The molecule has 1 amide bonds. The number of carbonyl (C=O) groups is 1. The zero-order valence-corrected chi connectivity index (χ0v) is 19.9. The average Bonchev–Trinajstić information content (AvgIpc) is 3.61. The van der Waals surface area contributed by atoms with Crippen LogP contribution >= 0.6 is 12.2 Å². The number of ether oxygens (including phenoxy) is 1. The van der Waals surface area contributed by atoms with Gasteiger partial charge >= 0.3 is 0 Å². The number of benzene rings is 1. The highest BCUT2D eigenvalue weighted by Gasteiger charge is 2.42. The molecule has 2 N–H and O–H groups in total. The van der Waals surface area contributed by atoms with Crippen molar-refractivity contribution >= 4 is 34.6 Å². The molecule has 0 aliphatic carbocycles. The molecule has 35 heavy (non-hydrogen) atoms. The number of carbonyl (C=O) groups excluding carboxylic acids is 1. The smallest absolute Gasteiger partial charge is 0.250 e. The predicted octanol–water partition coefficient (Wildman–Crippen LogP) is 4.29. The van der Waals surface area contributed by atoms with Crippen LogP contribution in [0.5, 0.6) is 0 Å². The Bertz CT molecular complexity index is 1290. The summed E-state index contributed by atoms with van der Waals surface area (Å²) in [5, 5.41) is 6.91. The fraction of sp³-hybridized carbons (Fsp3) is 0.192. The van der Waals surface area contributed by atoms with Gasteiger partial charge in [-0.25, -0.2) is 0 Å². The first-order valence-electron chi connectivity index (χ1n) is 11.2. The Morgan fingerprint density at radius 2 is 2.00 bits per heavy atom. The first-order chi connectivity index (χ1) is 17.1. The van der Waals surface area contributed by atoms with Crippen molar-refractivity contribution < 1.29 is 13.9 Å². The average molecular weight is 488 g/mol. The van der Waals surface area contributed by atoms with E-state index in [4.69, 9.17) is 21.4 Å². The summed E-state index contributed by atoms with van der Waals surface area (Å²) in [5.41, 5.74) is 3.56. The summed E-state index contributed by atoms with van der Waals surface area (Å²) >= 11 is 5.82. The minimum absolute atomic E-state index is 0.00235. The van der Waals surface area contributed by atoms with E-state index in [-0.39, 0.29) is 24.6 Å². The zero-order chi connectivity index (χ0) is 24.2. The minimum atomic E-state index is -0.206. The molecule has 8 nitrogen and oxygen atoms in total. The van der Waals surface area contributed by atoms with Gasteiger partial charge in [0.05, 0.1) is 24.5 Å². The summed E-state index contributed by atoms with van der Waals surface area (Å²) in [4.78, 5) is 18.6. The van der Waals surface area contributed by atoms with Gasteiger partial charge in [-0.2, -0.15) is 0 Å². The summed E-state index contributed by atoms with van der Waals surface area (Å²) in [7, 11) is 1.49. The van der Waals surface area contributed by atoms with Gasteiger partial charge in [-0.1, -0.05) is 6.07 Å². The normalized spacial score (nSPS) is 17.4. The van der Waals surface area contributed by atoms with Gasteiger partial charge in [-0.05, 0) is 72.9 Å². The van der Waals surface area contributed by atoms with Crippen LogP contribution in [0.2, 0.25) is 0 Å². The molecule has 4 heterocycles. The highest BCUT2D eigenvalue weighted by Crippen LogP contribution is 2.42. The number of hydrogen-bond acceptors (Lipinski definition) is 5. The summed E-state index contributed by atoms with van der Waals surface area (Å²) < 4.78 is 12.7. The van der Waals surface area contributed by atoms with Gasteiger partial charge in [0.15, 0.2) is 5.11 Å². The van der Waals surface area contributed by atoms with E-state index in [0.29, 0.717) is 17.3 Å². The van der Waals surface area contributed by atoms with Gasteiger partial charge in [-0.3, -0.25) is 9.78 Å². The lowest BCUT2D eigenvalue weighted by atomic mass is 10.0. The Hall–Kier alpha value is -3.95. The molecule has 3 aromatic heterocycles. The number of methoxy groups -OCH3 is 1. The van der Waals surface area contributed by atoms with Crippen LogP contribution in [0.3, 0.4) is 0 Å². The molecule has 1 saturated heterocycles. The van der Waals surface area contributed by atoms with Crippen LogP contribution in [0.4, 0.5) is 11.4 Å². The van der Waals surface area contributed by atoms with Crippen LogP contribution in [-0.2, 0) is 16.1 Å². The molecule has 2 atom stereocenters. The van der Waals surface area contributed by atoms with Crippen molar-refractivity contribution in [3.05, 3.63) is 103 Å².